The summed E-state index contributed by atoms with van der Waals surface area (Å²) >= 11 is 12.0. The number of hydrogen-bond donors (Lipinski definition) is 4. The Hall–Kier alpha value is -2.77. The van der Waals surface area contributed by atoms with Crippen molar-refractivity contribution < 1.29 is 19.5 Å². The van der Waals surface area contributed by atoms with Gasteiger partial charge in [-0.2, -0.15) is 0 Å². The molecule has 3 amide bonds. The lowest BCUT2D eigenvalue weighted by Crippen LogP contribution is -2.52. The largest absolute Gasteiger partial charge is 0.480 e. The van der Waals surface area contributed by atoms with E-state index in [4.69, 9.17) is 23.2 Å². The van der Waals surface area contributed by atoms with Crippen molar-refractivity contribution in [2.45, 2.75) is 31.3 Å². The van der Waals surface area contributed by atoms with Gasteiger partial charge < -0.3 is 21.1 Å². The third kappa shape index (κ3) is 5.43. The van der Waals surface area contributed by atoms with Crippen molar-refractivity contribution in [3.8, 4) is 0 Å². The molecule has 2 aromatic carbocycles. The van der Waals surface area contributed by atoms with Crippen LogP contribution >= 0.6 is 23.2 Å². The van der Waals surface area contributed by atoms with Gasteiger partial charge in [-0.1, -0.05) is 53.5 Å². The van der Waals surface area contributed by atoms with Crippen LogP contribution in [0, 0.1) is 0 Å². The average Bonchev–Trinajstić information content (AvgIpc) is 2.70. The fraction of sp³-hybridized carbons (Fsp3) is 0.286. The van der Waals surface area contributed by atoms with Gasteiger partial charge in [0.2, 0.25) is 0 Å². The molecule has 0 spiro atoms. The Balaban J connectivity index is 1.54. The second-order valence-electron chi connectivity index (χ2n) is 7.02. The maximum atomic E-state index is 12.4. The minimum absolute atomic E-state index is 0.0163. The molecule has 0 bridgehead atoms. The van der Waals surface area contributed by atoms with E-state index >= 15 is 0 Å². The standard InChI is InChI=1S/C21H21Cl2N3O4/c22-15-6-3-7-16(23)18(15)19(27)26-17(20(28)29)11-24-21(30)25-14-9-8-12-4-1-2-5-13(12)10-14/h1-7,14,17H,8-11H2,(H,26,27)(H,28,29)(H2,24,25,30)/t14?,17-/m0/s1. The second kappa shape index (κ2) is 9.82. The van der Waals surface area contributed by atoms with Crippen molar-refractivity contribution in [1.82, 2.24) is 16.0 Å². The van der Waals surface area contributed by atoms with Gasteiger partial charge in [-0.15, -0.1) is 0 Å². The SMILES string of the molecule is O=C(NC[C@H](NC(=O)c1c(Cl)cccc1Cl)C(=O)O)NC1CCc2ccccc2C1. The number of aliphatic carboxylic acids is 1. The quantitative estimate of drug-likeness (QED) is 0.543. The summed E-state index contributed by atoms with van der Waals surface area (Å²) in [6.07, 6.45) is 2.38. The van der Waals surface area contributed by atoms with E-state index in [1.54, 1.807) is 6.07 Å². The minimum Gasteiger partial charge on any atom is -0.480 e. The Bertz CT molecular complexity index is 947. The maximum Gasteiger partial charge on any atom is 0.328 e. The maximum absolute atomic E-state index is 12.4. The van der Waals surface area contributed by atoms with Crippen LogP contribution in [0.15, 0.2) is 42.5 Å². The zero-order chi connectivity index (χ0) is 21.7. The zero-order valence-corrected chi connectivity index (χ0v) is 17.5. The summed E-state index contributed by atoms with van der Waals surface area (Å²) in [6, 6.07) is 10.7. The number of amides is 3. The molecule has 2 aromatic rings. The van der Waals surface area contributed by atoms with Crippen LogP contribution in [0.1, 0.15) is 27.9 Å². The molecule has 2 atom stereocenters. The van der Waals surface area contributed by atoms with Gasteiger partial charge >= 0.3 is 12.0 Å². The molecule has 7 nitrogen and oxygen atoms in total. The summed E-state index contributed by atoms with van der Waals surface area (Å²) in [7, 11) is 0. The molecule has 30 heavy (non-hydrogen) atoms. The van der Waals surface area contributed by atoms with Crippen LogP contribution in [0.25, 0.3) is 0 Å². The summed E-state index contributed by atoms with van der Waals surface area (Å²) in [6.45, 7) is -0.293. The Morgan fingerprint density at radius 3 is 2.37 bits per heavy atom. The first-order chi connectivity index (χ1) is 14.3. The van der Waals surface area contributed by atoms with Gasteiger partial charge in [0.05, 0.1) is 22.2 Å². The highest BCUT2D eigenvalue weighted by molar-refractivity contribution is 6.39. The molecule has 1 aliphatic carbocycles. The van der Waals surface area contributed by atoms with E-state index in [9.17, 15) is 19.5 Å². The van der Waals surface area contributed by atoms with Crippen LogP contribution in [-0.4, -0.2) is 41.6 Å². The first kappa shape index (κ1) is 21.9. The topological polar surface area (TPSA) is 108 Å². The molecular weight excluding hydrogens is 429 g/mol. The highest BCUT2D eigenvalue weighted by atomic mass is 35.5. The minimum atomic E-state index is -1.34. The molecule has 3 rings (SSSR count). The van der Waals surface area contributed by atoms with Crippen molar-refractivity contribution in [2.75, 3.05) is 6.54 Å². The average molecular weight is 450 g/mol. The summed E-state index contributed by atoms with van der Waals surface area (Å²) in [5, 5.41) is 17.3. The smallest absolute Gasteiger partial charge is 0.328 e. The summed E-state index contributed by atoms with van der Waals surface area (Å²) < 4.78 is 0. The number of hydrogen-bond acceptors (Lipinski definition) is 3. The molecule has 0 radical (unpaired) electrons. The lowest BCUT2D eigenvalue weighted by atomic mass is 9.88. The summed E-state index contributed by atoms with van der Waals surface area (Å²) in [5.41, 5.74) is 2.46. The Labute approximate surface area is 183 Å². The normalized spacial score (nSPS) is 16.1. The number of aryl methyl sites for hydroxylation is 1. The van der Waals surface area contributed by atoms with Crippen molar-refractivity contribution >= 4 is 41.1 Å². The van der Waals surface area contributed by atoms with Crippen molar-refractivity contribution in [1.29, 1.82) is 0 Å². The fourth-order valence-electron chi connectivity index (χ4n) is 3.40. The first-order valence-electron chi connectivity index (χ1n) is 9.44. The molecule has 0 aliphatic heterocycles. The van der Waals surface area contributed by atoms with Crippen molar-refractivity contribution in [3.05, 3.63) is 69.2 Å². The molecule has 0 heterocycles. The Kier molecular flexibility index (Phi) is 7.18. The molecule has 0 fully saturated rings. The first-order valence-corrected chi connectivity index (χ1v) is 10.2. The van der Waals surface area contributed by atoms with E-state index in [1.807, 2.05) is 18.2 Å². The number of nitrogens with one attached hydrogen (secondary N) is 3. The van der Waals surface area contributed by atoms with Crippen LogP contribution < -0.4 is 16.0 Å². The third-order valence-electron chi connectivity index (χ3n) is 4.94. The van der Waals surface area contributed by atoms with E-state index < -0.39 is 23.9 Å². The highest BCUT2D eigenvalue weighted by Gasteiger charge is 2.25. The molecule has 1 unspecified atom stereocenters. The van der Waals surface area contributed by atoms with Crippen LogP contribution in [0.5, 0.6) is 0 Å². The number of benzene rings is 2. The fourth-order valence-corrected chi connectivity index (χ4v) is 3.97. The highest BCUT2D eigenvalue weighted by Crippen LogP contribution is 2.24. The van der Waals surface area contributed by atoms with Crippen LogP contribution in [-0.2, 0) is 17.6 Å². The molecule has 0 saturated heterocycles. The number of rotatable bonds is 6. The van der Waals surface area contributed by atoms with Gasteiger partial charge in [0.25, 0.3) is 5.91 Å². The molecule has 1 aliphatic rings. The van der Waals surface area contributed by atoms with Gasteiger partial charge in [0.15, 0.2) is 0 Å². The number of carboxylic acids is 1. The van der Waals surface area contributed by atoms with E-state index in [0.717, 1.165) is 12.8 Å². The molecular formula is C21H21Cl2N3O4. The monoisotopic (exact) mass is 449 g/mol. The van der Waals surface area contributed by atoms with Gasteiger partial charge in [-0.25, -0.2) is 9.59 Å². The van der Waals surface area contributed by atoms with Gasteiger partial charge in [-0.3, -0.25) is 4.79 Å². The lowest BCUT2D eigenvalue weighted by Gasteiger charge is -2.26. The zero-order valence-electron chi connectivity index (χ0n) is 16.0. The van der Waals surface area contributed by atoms with E-state index in [2.05, 4.69) is 22.0 Å². The molecule has 0 saturated carbocycles. The van der Waals surface area contributed by atoms with Crippen LogP contribution in [0.4, 0.5) is 4.79 Å². The van der Waals surface area contributed by atoms with Crippen LogP contribution in [0.3, 0.4) is 0 Å². The van der Waals surface area contributed by atoms with Gasteiger partial charge in [-0.05, 0) is 42.5 Å². The van der Waals surface area contributed by atoms with E-state index in [0.29, 0.717) is 6.42 Å². The van der Waals surface area contributed by atoms with Crippen LogP contribution in [0.2, 0.25) is 10.0 Å². The van der Waals surface area contributed by atoms with Crippen molar-refractivity contribution in [2.24, 2.45) is 0 Å². The van der Waals surface area contributed by atoms with Gasteiger partial charge in [0, 0.05) is 6.04 Å². The second-order valence-corrected chi connectivity index (χ2v) is 7.84. The molecule has 0 aromatic heterocycles. The van der Waals surface area contributed by atoms with E-state index in [-0.39, 0.29) is 28.2 Å². The number of fused-ring (bicyclic) bond motifs is 1. The number of carbonyl (C=O) groups excluding carboxylic acids is 2. The Morgan fingerprint density at radius 1 is 1.03 bits per heavy atom. The third-order valence-corrected chi connectivity index (χ3v) is 5.57. The molecule has 158 valence electrons. The van der Waals surface area contributed by atoms with E-state index in [1.165, 1.54) is 23.3 Å². The number of carbonyl (C=O) groups is 3. The summed E-state index contributed by atoms with van der Waals surface area (Å²) in [5.74, 6) is -2.03. The van der Waals surface area contributed by atoms with Crippen molar-refractivity contribution in [3.63, 3.8) is 0 Å². The molecule has 9 heteroatoms. The predicted octanol–water partition coefficient (Wildman–Crippen LogP) is 3.03. The number of urea groups is 1. The lowest BCUT2D eigenvalue weighted by molar-refractivity contribution is -0.139. The predicted molar refractivity (Wildman–Crippen MR) is 114 cm³/mol. The number of halogens is 2. The Morgan fingerprint density at radius 2 is 1.70 bits per heavy atom. The summed E-state index contributed by atoms with van der Waals surface area (Å²) in [4.78, 5) is 36.2. The van der Waals surface area contributed by atoms with Gasteiger partial charge in [0.1, 0.15) is 6.04 Å². The number of carboxylic acid groups (broad SMARTS) is 1. The molecule has 4 N–H and O–H groups in total.